The summed E-state index contributed by atoms with van der Waals surface area (Å²) in [6.07, 6.45) is 6.14. The van der Waals surface area contributed by atoms with Crippen LogP contribution in [0.1, 0.15) is 50.6 Å². The molecule has 0 aromatic heterocycles. The lowest BCUT2D eigenvalue weighted by molar-refractivity contribution is 0.120. The topological polar surface area (TPSA) is 35.5 Å². The smallest absolute Gasteiger partial charge is 0.120 e. The number of aromatic hydroxyl groups is 1. The Balaban J connectivity index is 1.80. The van der Waals surface area contributed by atoms with Crippen LogP contribution in [0.3, 0.4) is 0 Å². The molecule has 0 spiro atoms. The zero-order valence-electron chi connectivity index (χ0n) is 12.8. The van der Waals surface area contributed by atoms with Crippen LogP contribution in [0.15, 0.2) is 22.7 Å². The molecule has 2 saturated heterocycles. The minimum absolute atomic E-state index is 0.282. The normalized spacial score (nSPS) is 29.8. The molecule has 1 aromatic carbocycles. The first-order chi connectivity index (χ1) is 10.1. The number of hydrogen-bond donors (Lipinski definition) is 2. The number of nitrogens with zero attached hydrogens (tertiary/aromatic N) is 1. The molecule has 0 saturated carbocycles. The maximum absolute atomic E-state index is 10.2. The number of rotatable bonds is 4. The Hall–Kier alpha value is -0.580. The number of fused-ring (bicyclic) bond motifs is 2. The largest absolute Gasteiger partial charge is 0.508 e. The lowest BCUT2D eigenvalue weighted by Crippen LogP contribution is -2.47. The highest BCUT2D eigenvalue weighted by molar-refractivity contribution is 9.10. The number of halogens is 1. The Bertz CT molecular complexity index is 496. The maximum atomic E-state index is 10.2. The third-order valence-corrected chi connectivity index (χ3v) is 5.74. The van der Waals surface area contributed by atoms with Crippen molar-refractivity contribution in [3.05, 3.63) is 28.2 Å². The van der Waals surface area contributed by atoms with Crippen LogP contribution in [-0.2, 0) is 0 Å². The molecule has 3 unspecified atom stereocenters. The van der Waals surface area contributed by atoms with E-state index >= 15 is 0 Å². The van der Waals surface area contributed by atoms with Crippen molar-refractivity contribution >= 4 is 15.9 Å². The zero-order chi connectivity index (χ0) is 15.0. The molecule has 0 amide bonds. The number of phenolic OH excluding ortho intramolecular Hbond substituents is 1. The van der Waals surface area contributed by atoms with E-state index < -0.39 is 0 Å². The van der Waals surface area contributed by atoms with Gasteiger partial charge < -0.3 is 10.4 Å². The van der Waals surface area contributed by atoms with E-state index in [9.17, 15) is 5.11 Å². The molecule has 2 N–H and O–H groups in total. The average molecular weight is 353 g/mol. The van der Waals surface area contributed by atoms with E-state index in [1.807, 2.05) is 6.07 Å². The fourth-order valence-electron chi connectivity index (χ4n) is 4.13. The molecular formula is C17H25BrN2O. The third kappa shape index (κ3) is 3.13. The monoisotopic (exact) mass is 352 g/mol. The van der Waals surface area contributed by atoms with Crippen LogP contribution in [0.4, 0.5) is 0 Å². The number of nitrogens with one attached hydrogen (secondary N) is 1. The number of benzene rings is 1. The highest BCUT2D eigenvalue weighted by atomic mass is 79.9. The second-order valence-corrected chi connectivity index (χ2v) is 7.47. The summed E-state index contributed by atoms with van der Waals surface area (Å²) in [5, 5.41) is 13.9. The van der Waals surface area contributed by atoms with Gasteiger partial charge in [-0.3, -0.25) is 4.90 Å². The first kappa shape index (κ1) is 15.3. The second kappa shape index (κ2) is 6.27. The van der Waals surface area contributed by atoms with Gasteiger partial charge >= 0.3 is 0 Å². The molecule has 2 heterocycles. The standard InChI is InChI=1S/C17H25BrN2O/c1-3-16(15-8-11(18)4-7-17(15)21)20(2)14-9-12-5-6-13(10-14)19-12/h4,7-8,12-14,16,19,21H,3,5-6,9-10H2,1-2H3. The van der Waals surface area contributed by atoms with Gasteiger partial charge in [0.15, 0.2) is 0 Å². The highest BCUT2D eigenvalue weighted by Crippen LogP contribution is 2.37. The molecule has 4 heteroatoms. The van der Waals surface area contributed by atoms with E-state index in [1.54, 1.807) is 6.07 Å². The Morgan fingerprint density at radius 2 is 2.00 bits per heavy atom. The maximum Gasteiger partial charge on any atom is 0.120 e. The minimum atomic E-state index is 0.282. The summed E-state index contributed by atoms with van der Waals surface area (Å²) in [4.78, 5) is 2.49. The molecule has 2 fully saturated rings. The van der Waals surface area contributed by atoms with Crippen molar-refractivity contribution in [2.24, 2.45) is 0 Å². The molecule has 3 nitrogen and oxygen atoms in total. The van der Waals surface area contributed by atoms with Gasteiger partial charge in [0.1, 0.15) is 5.75 Å². The number of piperidine rings is 1. The van der Waals surface area contributed by atoms with Crippen molar-refractivity contribution < 1.29 is 5.11 Å². The summed E-state index contributed by atoms with van der Waals surface area (Å²) < 4.78 is 1.03. The van der Waals surface area contributed by atoms with E-state index in [4.69, 9.17) is 0 Å². The Morgan fingerprint density at radius 1 is 1.33 bits per heavy atom. The van der Waals surface area contributed by atoms with Crippen LogP contribution in [0, 0.1) is 0 Å². The minimum Gasteiger partial charge on any atom is -0.508 e. The number of hydrogen-bond acceptors (Lipinski definition) is 3. The Labute approximate surface area is 135 Å². The molecule has 0 aliphatic carbocycles. The molecule has 2 bridgehead atoms. The molecule has 2 aliphatic rings. The van der Waals surface area contributed by atoms with Crippen molar-refractivity contribution in [3.8, 4) is 5.75 Å². The van der Waals surface area contributed by atoms with Crippen LogP contribution in [0.5, 0.6) is 5.75 Å². The van der Waals surface area contributed by atoms with Gasteiger partial charge in [0.05, 0.1) is 0 Å². The van der Waals surface area contributed by atoms with E-state index in [0.717, 1.165) is 16.5 Å². The second-order valence-electron chi connectivity index (χ2n) is 6.56. The Kier molecular flexibility index (Phi) is 4.57. The van der Waals surface area contributed by atoms with Gasteiger partial charge in [-0.15, -0.1) is 0 Å². The Morgan fingerprint density at radius 3 is 2.62 bits per heavy atom. The summed E-state index contributed by atoms with van der Waals surface area (Å²) >= 11 is 3.53. The first-order valence-electron chi connectivity index (χ1n) is 8.05. The molecule has 3 rings (SSSR count). The summed E-state index contributed by atoms with van der Waals surface area (Å²) in [6, 6.07) is 8.06. The van der Waals surface area contributed by atoms with E-state index in [-0.39, 0.29) is 6.04 Å². The third-order valence-electron chi connectivity index (χ3n) is 5.25. The van der Waals surface area contributed by atoms with E-state index in [0.29, 0.717) is 23.9 Å². The predicted molar refractivity (Wildman–Crippen MR) is 89.6 cm³/mol. The van der Waals surface area contributed by atoms with Crippen LogP contribution < -0.4 is 5.32 Å². The van der Waals surface area contributed by atoms with Gasteiger partial charge in [-0.1, -0.05) is 22.9 Å². The fraction of sp³-hybridized carbons (Fsp3) is 0.647. The van der Waals surface area contributed by atoms with Gasteiger partial charge in [-0.05, 0) is 57.4 Å². The summed E-state index contributed by atoms with van der Waals surface area (Å²) in [6.45, 7) is 2.21. The van der Waals surface area contributed by atoms with E-state index in [2.05, 4.69) is 46.2 Å². The van der Waals surface area contributed by atoms with Crippen LogP contribution in [0.2, 0.25) is 0 Å². The van der Waals surface area contributed by atoms with Gasteiger partial charge in [0, 0.05) is 34.2 Å². The summed E-state index contributed by atoms with van der Waals surface area (Å²) in [7, 11) is 2.23. The first-order valence-corrected chi connectivity index (χ1v) is 8.84. The lowest BCUT2D eigenvalue weighted by atomic mass is 9.94. The van der Waals surface area contributed by atoms with Crippen LogP contribution in [-0.4, -0.2) is 35.2 Å². The van der Waals surface area contributed by atoms with Crippen molar-refractivity contribution in [2.45, 2.75) is 63.2 Å². The fourth-order valence-corrected chi connectivity index (χ4v) is 4.51. The van der Waals surface area contributed by atoms with Crippen molar-refractivity contribution in [1.82, 2.24) is 10.2 Å². The van der Waals surface area contributed by atoms with Gasteiger partial charge in [0.25, 0.3) is 0 Å². The SMILES string of the molecule is CCC(c1cc(Br)ccc1O)N(C)C1CC2CCC(C1)N2. The molecule has 21 heavy (non-hydrogen) atoms. The van der Waals surface area contributed by atoms with Crippen molar-refractivity contribution in [3.63, 3.8) is 0 Å². The summed E-state index contributed by atoms with van der Waals surface area (Å²) in [5.41, 5.74) is 1.04. The van der Waals surface area contributed by atoms with Crippen LogP contribution in [0.25, 0.3) is 0 Å². The van der Waals surface area contributed by atoms with Crippen LogP contribution >= 0.6 is 15.9 Å². The van der Waals surface area contributed by atoms with E-state index in [1.165, 1.54) is 25.7 Å². The predicted octanol–water partition coefficient (Wildman–Crippen LogP) is 3.82. The number of phenols is 1. The van der Waals surface area contributed by atoms with Gasteiger partial charge in [-0.2, -0.15) is 0 Å². The molecule has 0 radical (unpaired) electrons. The quantitative estimate of drug-likeness (QED) is 0.864. The van der Waals surface area contributed by atoms with Crippen molar-refractivity contribution in [2.75, 3.05) is 7.05 Å². The summed E-state index contributed by atoms with van der Waals surface area (Å²) in [5.74, 6) is 0.411. The molecule has 2 aliphatic heterocycles. The van der Waals surface area contributed by atoms with Crippen molar-refractivity contribution in [1.29, 1.82) is 0 Å². The highest BCUT2D eigenvalue weighted by Gasteiger charge is 2.37. The van der Waals surface area contributed by atoms with Gasteiger partial charge in [0.2, 0.25) is 0 Å². The molecule has 3 atom stereocenters. The lowest BCUT2D eigenvalue weighted by Gasteiger charge is -2.40. The molecular weight excluding hydrogens is 328 g/mol. The molecule has 116 valence electrons. The van der Waals surface area contributed by atoms with Gasteiger partial charge in [-0.25, -0.2) is 0 Å². The average Bonchev–Trinajstić information content (AvgIpc) is 2.81. The zero-order valence-corrected chi connectivity index (χ0v) is 14.4. The molecule has 1 aromatic rings.